The summed E-state index contributed by atoms with van der Waals surface area (Å²) in [5.41, 5.74) is -0.647. The molecule has 4 heteroatoms. The van der Waals surface area contributed by atoms with Gasteiger partial charge in [-0.2, -0.15) is 0 Å². The van der Waals surface area contributed by atoms with Crippen molar-refractivity contribution in [1.82, 2.24) is 5.32 Å². The topological polar surface area (TPSA) is 32.3 Å². The van der Waals surface area contributed by atoms with Crippen LogP contribution in [0, 0.1) is 11.6 Å². The number of rotatable bonds is 4. The molecule has 1 aromatic rings. The fourth-order valence-corrected chi connectivity index (χ4v) is 2.13. The molecule has 1 atom stereocenters. The van der Waals surface area contributed by atoms with Crippen molar-refractivity contribution in [2.45, 2.75) is 37.8 Å². The maximum atomic E-state index is 13.5. The zero-order chi connectivity index (χ0) is 12.5. The minimum Gasteiger partial charge on any atom is -0.389 e. The molecule has 2 rings (SSSR count). The Bertz CT molecular complexity index is 384. The molecule has 1 unspecified atom stereocenters. The van der Waals surface area contributed by atoms with Crippen LogP contribution in [0.4, 0.5) is 8.78 Å². The average Bonchev–Trinajstić information content (AvgIpc) is 2.23. The first-order valence-corrected chi connectivity index (χ1v) is 5.91. The van der Waals surface area contributed by atoms with Gasteiger partial charge in [0.15, 0.2) is 0 Å². The minimum absolute atomic E-state index is 0.0374. The summed E-state index contributed by atoms with van der Waals surface area (Å²) >= 11 is 0. The molecule has 1 aliphatic carbocycles. The smallest absolute Gasteiger partial charge is 0.130 e. The Kier molecular flexibility index (Phi) is 3.45. The highest BCUT2D eigenvalue weighted by Gasteiger charge is 2.34. The molecule has 0 spiro atoms. The number of hydrogen-bond acceptors (Lipinski definition) is 2. The van der Waals surface area contributed by atoms with E-state index in [-0.39, 0.29) is 5.56 Å². The molecule has 1 fully saturated rings. The second-order valence-corrected chi connectivity index (χ2v) is 4.82. The van der Waals surface area contributed by atoms with Crippen LogP contribution in [0.15, 0.2) is 18.2 Å². The fraction of sp³-hybridized carbons (Fsp3) is 0.538. The van der Waals surface area contributed by atoms with Gasteiger partial charge < -0.3 is 10.4 Å². The number of halogens is 2. The van der Waals surface area contributed by atoms with E-state index in [9.17, 15) is 13.9 Å². The van der Waals surface area contributed by atoms with Gasteiger partial charge in [0.2, 0.25) is 0 Å². The molecule has 0 radical (unpaired) electrons. The summed E-state index contributed by atoms with van der Waals surface area (Å²) in [6.45, 7) is 2.07. The van der Waals surface area contributed by atoms with Crippen LogP contribution in [0.3, 0.4) is 0 Å². The van der Waals surface area contributed by atoms with E-state index in [1.165, 1.54) is 18.2 Å². The van der Waals surface area contributed by atoms with Crippen molar-refractivity contribution in [3.8, 4) is 0 Å². The average molecular weight is 241 g/mol. The lowest BCUT2D eigenvalue weighted by atomic mass is 9.80. The molecular formula is C13H17F2NO. The van der Waals surface area contributed by atoms with Gasteiger partial charge in [-0.3, -0.25) is 0 Å². The molecule has 1 saturated carbocycles. The number of benzene rings is 1. The van der Waals surface area contributed by atoms with Crippen molar-refractivity contribution in [3.63, 3.8) is 0 Å². The van der Waals surface area contributed by atoms with Gasteiger partial charge in [0, 0.05) is 18.2 Å². The van der Waals surface area contributed by atoms with E-state index >= 15 is 0 Å². The van der Waals surface area contributed by atoms with E-state index in [2.05, 4.69) is 5.32 Å². The fourth-order valence-electron chi connectivity index (χ4n) is 2.13. The Balaban J connectivity index is 2.01. The van der Waals surface area contributed by atoms with Crippen molar-refractivity contribution < 1.29 is 13.9 Å². The molecule has 94 valence electrons. The Labute approximate surface area is 99.7 Å². The van der Waals surface area contributed by atoms with E-state index in [1.54, 1.807) is 6.92 Å². The number of hydrogen-bond donors (Lipinski definition) is 2. The molecule has 1 aromatic carbocycles. The van der Waals surface area contributed by atoms with Crippen LogP contribution in [0.1, 0.15) is 37.8 Å². The summed E-state index contributed by atoms with van der Waals surface area (Å²) in [5.74, 6) is -1.10. The Morgan fingerprint density at radius 3 is 2.41 bits per heavy atom. The van der Waals surface area contributed by atoms with E-state index < -0.39 is 23.3 Å². The molecule has 0 amide bonds. The first-order chi connectivity index (χ1) is 8.02. The highest BCUT2D eigenvalue weighted by Crippen LogP contribution is 2.31. The Morgan fingerprint density at radius 2 is 1.94 bits per heavy atom. The van der Waals surface area contributed by atoms with Crippen molar-refractivity contribution in [2.75, 3.05) is 6.54 Å². The van der Waals surface area contributed by atoms with Gasteiger partial charge in [0.05, 0.1) is 5.60 Å². The van der Waals surface area contributed by atoms with E-state index in [4.69, 9.17) is 0 Å². The van der Waals surface area contributed by atoms with Crippen molar-refractivity contribution in [3.05, 3.63) is 35.4 Å². The summed E-state index contributed by atoms with van der Waals surface area (Å²) in [4.78, 5) is 0. The van der Waals surface area contributed by atoms with Gasteiger partial charge in [-0.15, -0.1) is 0 Å². The summed E-state index contributed by atoms with van der Waals surface area (Å²) in [6.07, 6.45) is 2.53. The van der Waals surface area contributed by atoms with Crippen LogP contribution in [0.25, 0.3) is 0 Å². The highest BCUT2D eigenvalue weighted by molar-refractivity contribution is 5.22. The van der Waals surface area contributed by atoms with Crippen molar-refractivity contribution in [2.24, 2.45) is 0 Å². The van der Waals surface area contributed by atoms with Crippen LogP contribution < -0.4 is 5.32 Å². The van der Waals surface area contributed by atoms with Gasteiger partial charge in [0.1, 0.15) is 11.6 Å². The van der Waals surface area contributed by atoms with Gasteiger partial charge in [-0.05, 0) is 38.3 Å². The molecule has 0 saturated heterocycles. The first-order valence-electron chi connectivity index (χ1n) is 5.91. The SMILES string of the molecule is CC(NCC1(O)CCC1)c1c(F)cccc1F. The highest BCUT2D eigenvalue weighted by atomic mass is 19.1. The van der Waals surface area contributed by atoms with Crippen molar-refractivity contribution in [1.29, 1.82) is 0 Å². The van der Waals surface area contributed by atoms with Crippen LogP contribution in [0.5, 0.6) is 0 Å². The molecule has 17 heavy (non-hydrogen) atoms. The summed E-state index contributed by atoms with van der Waals surface area (Å²) < 4.78 is 26.9. The molecule has 0 aromatic heterocycles. The molecule has 1 aliphatic rings. The van der Waals surface area contributed by atoms with E-state index in [0.29, 0.717) is 6.54 Å². The molecule has 2 N–H and O–H groups in total. The predicted molar refractivity (Wildman–Crippen MR) is 61.6 cm³/mol. The maximum Gasteiger partial charge on any atom is 0.130 e. The minimum atomic E-state index is -0.685. The van der Waals surface area contributed by atoms with Gasteiger partial charge in [-0.25, -0.2) is 8.78 Å². The predicted octanol–water partition coefficient (Wildman–Crippen LogP) is 2.53. The molecule has 2 nitrogen and oxygen atoms in total. The van der Waals surface area contributed by atoms with Crippen LogP contribution >= 0.6 is 0 Å². The Morgan fingerprint density at radius 1 is 1.35 bits per heavy atom. The standard InChI is InChI=1S/C13H17F2NO/c1-9(16-8-13(17)6-3-7-13)12-10(14)4-2-5-11(12)15/h2,4-5,9,16-17H,3,6-8H2,1H3. The van der Waals surface area contributed by atoms with Crippen LogP contribution in [-0.2, 0) is 0 Å². The van der Waals surface area contributed by atoms with E-state index in [0.717, 1.165) is 19.3 Å². The van der Waals surface area contributed by atoms with E-state index in [1.807, 2.05) is 0 Å². The second kappa shape index (κ2) is 4.70. The van der Waals surface area contributed by atoms with Gasteiger partial charge >= 0.3 is 0 Å². The van der Waals surface area contributed by atoms with Gasteiger partial charge in [-0.1, -0.05) is 6.07 Å². The summed E-state index contributed by atoms with van der Waals surface area (Å²) in [7, 11) is 0. The van der Waals surface area contributed by atoms with Crippen LogP contribution in [0.2, 0.25) is 0 Å². The zero-order valence-corrected chi connectivity index (χ0v) is 9.84. The van der Waals surface area contributed by atoms with Gasteiger partial charge in [0.25, 0.3) is 0 Å². The monoisotopic (exact) mass is 241 g/mol. The lowest BCUT2D eigenvalue weighted by Crippen LogP contribution is -2.46. The molecular weight excluding hydrogens is 224 g/mol. The molecule has 0 bridgehead atoms. The lowest BCUT2D eigenvalue weighted by Gasteiger charge is -2.37. The first kappa shape index (κ1) is 12.5. The number of nitrogens with one attached hydrogen (secondary N) is 1. The third-order valence-electron chi connectivity index (χ3n) is 3.45. The lowest BCUT2D eigenvalue weighted by molar-refractivity contribution is -0.0330. The quantitative estimate of drug-likeness (QED) is 0.849. The molecule has 0 aliphatic heterocycles. The zero-order valence-electron chi connectivity index (χ0n) is 9.84. The summed E-state index contributed by atoms with van der Waals surface area (Å²) in [6, 6.07) is 3.39. The summed E-state index contributed by atoms with van der Waals surface area (Å²) in [5, 5.41) is 12.9. The molecule has 0 heterocycles. The maximum absolute atomic E-state index is 13.5. The Hall–Kier alpha value is -1.00. The van der Waals surface area contributed by atoms with Crippen molar-refractivity contribution >= 4 is 0 Å². The number of aliphatic hydroxyl groups is 1. The normalized spacial score (nSPS) is 19.8. The third-order valence-corrected chi connectivity index (χ3v) is 3.45. The second-order valence-electron chi connectivity index (χ2n) is 4.82. The third kappa shape index (κ3) is 2.64. The largest absolute Gasteiger partial charge is 0.389 e. The van der Waals surface area contributed by atoms with Crippen LogP contribution in [-0.4, -0.2) is 17.3 Å².